The van der Waals surface area contributed by atoms with Gasteiger partial charge in [-0.3, -0.25) is 0 Å². The lowest BCUT2D eigenvalue weighted by Gasteiger charge is -2.33. The van der Waals surface area contributed by atoms with Crippen LogP contribution in [0.3, 0.4) is 0 Å². The van der Waals surface area contributed by atoms with E-state index in [9.17, 15) is 0 Å². The zero-order valence-corrected chi connectivity index (χ0v) is 11.9. The van der Waals surface area contributed by atoms with E-state index < -0.39 is 0 Å². The first-order valence-corrected chi connectivity index (χ1v) is 8.27. The molecule has 18 heavy (non-hydrogen) atoms. The van der Waals surface area contributed by atoms with Gasteiger partial charge in [0.1, 0.15) is 0 Å². The highest BCUT2D eigenvalue weighted by atomic mass is 16.5. The molecule has 2 saturated carbocycles. The lowest BCUT2D eigenvalue weighted by atomic mass is 9.93. The molecule has 2 N–H and O–H groups in total. The summed E-state index contributed by atoms with van der Waals surface area (Å²) >= 11 is 0. The van der Waals surface area contributed by atoms with Gasteiger partial charge >= 0.3 is 0 Å². The van der Waals surface area contributed by atoms with Crippen LogP contribution >= 0.6 is 0 Å². The van der Waals surface area contributed by atoms with Crippen LogP contribution in [0.5, 0.6) is 0 Å². The van der Waals surface area contributed by atoms with Gasteiger partial charge in [-0.2, -0.15) is 0 Å². The van der Waals surface area contributed by atoms with E-state index in [-0.39, 0.29) is 6.04 Å². The first-order valence-electron chi connectivity index (χ1n) is 8.27. The summed E-state index contributed by atoms with van der Waals surface area (Å²) in [6, 6.07) is 0.282. The fraction of sp³-hybridized carbons (Fsp3) is 1.00. The van der Waals surface area contributed by atoms with Crippen LogP contribution in [0.25, 0.3) is 0 Å². The Bertz CT molecular complexity index is 215. The maximum atomic E-state index is 6.36. The van der Waals surface area contributed by atoms with Crippen molar-refractivity contribution in [1.82, 2.24) is 0 Å². The Kier molecular flexibility index (Phi) is 6.50. The average molecular weight is 253 g/mol. The highest BCUT2D eigenvalue weighted by molar-refractivity contribution is 4.79. The summed E-state index contributed by atoms with van der Waals surface area (Å²) in [4.78, 5) is 0. The molecule has 0 spiro atoms. The monoisotopic (exact) mass is 253 g/mol. The fourth-order valence-corrected chi connectivity index (χ4v) is 3.11. The van der Waals surface area contributed by atoms with E-state index in [0.717, 1.165) is 6.42 Å². The molecule has 106 valence electrons. The number of rotatable bonds is 2. The SMILES string of the molecule is NC1CCCCCCCCCCC1OC1CCC1. The van der Waals surface area contributed by atoms with E-state index in [0.29, 0.717) is 12.2 Å². The summed E-state index contributed by atoms with van der Waals surface area (Å²) < 4.78 is 6.22. The van der Waals surface area contributed by atoms with Crippen LogP contribution < -0.4 is 5.73 Å². The van der Waals surface area contributed by atoms with Gasteiger partial charge in [-0.15, -0.1) is 0 Å². The zero-order chi connectivity index (χ0) is 12.6. The van der Waals surface area contributed by atoms with Gasteiger partial charge < -0.3 is 10.5 Å². The molecular formula is C16H31NO. The van der Waals surface area contributed by atoms with E-state index in [1.165, 1.54) is 77.0 Å². The largest absolute Gasteiger partial charge is 0.373 e. The van der Waals surface area contributed by atoms with Crippen molar-refractivity contribution in [3.8, 4) is 0 Å². The van der Waals surface area contributed by atoms with Crippen molar-refractivity contribution < 1.29 is 4.74 Å². The standard InChI is InChI=1S/C16H31NO/c17-15-12-7-5-3-1-2-4-6-8-13-16(15)18-14-10-9-11-14/h14-16H,1-13,17H2. The van der Waals surface area contributed by atoms with Gasteiger partial charge in [0.05, 0.1) is 12.2 Å². The summed E-state index contributed by atoms with van der Waals surface area (Å²) in [6.07, 6.45) is 18.1. The molecule has 2 nitrogen and oxygen atoms in total. The lowest BCUT2D eigenvalue weighted by molar-refractivity contribution is -0.0664. The van der Waals surface area contributed by atoms with Crippen LogP contribution in [-0.4, -0.2) is 18.2 Å². The van der Waals surface area contributed by atoms with Gasteiger partial charge in [0.25, 0.3) is 0 Å². The molecule has 0 heterocycles. The first kappa shape index (κ1) is 14.3. The molecular weight excluding hydrogens is 222 g/mol. The second-order valence-electron chi connectivity index (χ2n) is 6.30. The van der Waals surface area contributed by atoms with Gasteiger partial charge in [-0.25, -0.2) is 0 Å². The van der Waals surface area contributed by atoms with Crippen molar-refractivity contribution in [2.24, 2.45) is 5.73 Å². The Morgan fingerprint density at radius 3 is 1.72 bits per heavy atom. The fourth-order valence-electron chi connectivity index (χ4n) is 3.11. The van der Waals surface area contributed by atoms with Crippen LogP contribution in [-0.2, 0) is 4.74 Å². The Hall–Kier alpha value is -0.0800. The van der Waals surface area contributed by atoms with Crippen LogP contribution in [0.1, 0.15) is 83.5 Å². The second kappa shape index (κ2) is 8.16. The number of ether oxygens (including phenoxy) is 1. The van der Waals surface area contributed by atoms with Crippen molar-refractivity contribution in [2.45, 2.75) is 102 Å². The molecule has 2 rings (SSSR count). The molecule has 2 heteroatoms. The number of nitrogens with two attached hydrogens (primary N) is 1. The Morgan fingerprint density at radius 2 is 1.17 bits per heavy atom. The van der Waals surface area contributed by atoms with Gasteiger partial charge in [0.2, 0.25) is 0 Å². The molecule has 2 aliphatic carbocycles. The minimum atomic E-state index is 0.282. The van der Waals surface area contributed by atoms with E-state index in [1.54, 1.807) is 0 Å². The molecule has 2 atom stereocenters. The molecule has 0 aromatic heterocycles. The molecule has 0 radical (unpaired) electrons. The Balaban J connectivity index is 1.77. The van der Waals surface area contributed by atoms with Crippen LogP contribution in [0.4, 0.5) is 0 Å². The normalized spacial score (nSPS) is 33.2. The Labute approximate surface area is 113 Å². The van der Waals surface area contributed by atoms with Gasteiger partial charge in [-0.05, 0) is 32.1 Å². The molecule has 2 fully saturated rings. The van der Waals surface area contributed by atoms with Crippen molar-refractivity contribution in [2.75, 3.05) is 0 Å². The van der Waals surface area contributed by atoms with Crippen molar-refractivity contribution in [3.63, 3.8) is 0 Å². The molecule has 0 aromatic rings. The minimum absolute atomic E-state index is 0.282. The molecule has 2 aliphatic rings. The van der Waals surface area contributed by atoms with Crippen LogP contribution in [0.2, 0.25) is 0 Å². The van der Waals surface area contributed by atoms with Crippen molar-refractivity contribution in [1.29, 1.82) is 0 Å². The summed E-state index contributed by atoms with van der Waals surface area (Å²) in [6.45, 7) is 0. The summed E-state index contributed by atoms with van der Waals surface area (Å²) in [5, 5.41) is 0. The van der Waals surface area contributed by atoms with Crippen LogP contribution in [0, 0.1) is 0 Å². The predicted octanol–water partition coefficient (Wildman–Crippen LogP) is 4.17. The van der Waals surface area contributed by atoms with Gasteiger partial charge in [-0.1, -0.05) is 51.4 Å². The third-order valence-corrected chi connectivity index (χ3v) is 4.67. The summed E-state index contributed by atoms with van der Waals surface area (Å²) in [5.74, 6) is 0. The maximum Gasteiger partial charge on any atom is 0.0729 e. The third-order valence-electron chi connectivity index (χ3n) is 4.67. The predicted molar refractivity (Wildman–Crippen MR) is 76.7 cm³/mol. The minimum Gasteiger partial charge on any atom is -0.373 e. The zero-order valence-electron chi connectivity index (χ0n) is 11.9. The molecule has 0 aromatic carbocycles. The van der Waals surface area contributed by atoms with E-state index >= 15 is 0 Å². The van der Waals surface area contributed by atoms with Gasteiger partial charge in [0, 0.05) is 6.04 Å². The molecule has 0 amide bonds. The second-order valence-corrected chi connectivity index (χ2v) is 6.30. The smallest absolute Gasteiger partial charge is 0.0729 e. The third kappa shape index (κ3) is 4.89. The van der Waals surface area contributed by atoms with Gasteiger partial charge in [0.15, 0.2) is 0 Å². The van der Waals surface area contributed by atoms with Crippen LogP contribution in [0.15, 0.2) is 0 Å². The molecule has 2 unspecified atom stereocenters. The quantitative estimate of drug-likeness (QED) is 0.801. The topological polar surface area (TPSA) is 35.2 Å². The average Bonchev–Trinajstić information content (AvgIpc) is 2.30. The van der Waals surface area contributed by atoms with E-state index in [1.807, 2.05) is 0 Å². The number of hydrogen-bond donors (Lipinski definition) is 1. The summed E-state index contributed by atoms with van der Waals surface area (Å²) in [5.41, 5.74) is 6.36. The van der Waals surface area contributed by atoms with E-state index in [2.05, 4.69) is 0 Å². The first-order chi connectivity index (χ1) is 8.86. The van der Waals surface area contributed by atoms with E-state index in [4.69, 9.17) is 10.5 Å². The highest BCUT2D eigenvalue weighted by Crippen LogP contribution is 2.27. The number of hydrogen-bond acceptors (Lipinski definition) is 2. The lowest BCUT2D eigenvalue weighted by Crippen LogP contribution is -2.41. The van der Waals surface area contributed by atoms with Crippen molar-refractivity contribution >= 4 is 0 Å². The molecule has 0 saturated heterocycles. The highest BCUT2D eigenvalue weighted by Gasteiger charge is 2.26. The Morgan fingerprint density at radius 1 is 0.611 bits per heavy atom. The van der Waals surface area contributed by atoms with Crippen molar-refractivity contribution in [3.05, 3.63) is 0 Å². The summed E-state index contributed by atoms with van der Waals surface area (Å²) in [7, 11) is 0. The molecule has 0 bridgehead atoms. The molecule has 0 aliphatic heterocycles. The maximum absolute atomic E-state index is 6.36.